The standard InChI is InChI=1S/C27H31N5O/c1-17(2)24(32-26(33)27(3,4)5)25-29-15-23(31-25)21-12-8-19(9-13-21)18-6-10-20(11-7-18)22-14-28-16-30-22/h6-17,24H,1-5H3,(H,28,30)(H,29,31)(H,32,33)/t24-/m0/s1. The molecule has 0 saturated carbocycles. The topological polar surface area (TPSA) is 86.5 Å². The van der Waals surface area contributed by atoms with Crippen molar-refractivity contribution in [1.82, 2.24) is 25.3 Å². The molecule has 6 heteroatoms. The third-order valence-corrected chi connectivity index (χ3v) is 5.75. The molecule has 0 unspecified atom stereocenters. The number of imidazole rings is 2. The largest absolute Gasteiger partial charge is 0.345 e. The summed E-state index contributed by atoms with van der Waals surface area (Å²) in [5.41, 5.74) is 5.95. The number of nitrogens with zero attached hydrogens (tertiary/aromatic N) is 2. The molecule has 0 aliphatic carbocycles. The molecule has 0 spiro atoms. The Bertz CT molecular complexity index is 1200. The van der Waals surface area contributed by atoms with Crippen molar-refractivity contribution in [3.8, 4) is 33.6 Å². The highest BCUT2D eigenvalue weighted by Crippen LogP contribution is 2.28. The Morgan fingerprint density at radius 3 is 1.88 bits per heavy atom. The van der Waals surface area contributed by atoms with E-state index in [0.29, 0.717) is 0 Å². The lowest BCUT2D eigenvalue weighted by molar-refractivity contribution is -0.129. The lowest BCUT2D eigenvalue weighted by Gasteiger charge is -2.25. The van der Waals surface area contributed by atoms with E-state index in [0.717, 1.165) is 39.5 Å². The smallest absolute Gasteiger partial charge is 0.225 e. The molecule has 0 bridgehead atoms. The van der Waals surface area contributed by atoms with Crippen molar-refractivity contribution in [2.24, 2.45) is 11.3 Å². The maximum atomic E-state index is 12.5. The predicted molar refractivity (Wildman–Crippen MR) is 132 cm³/mol. The Hall–Kier alpha value is -3.67. The van der Waals surface area contributed by atoms with Gasteiger partial charge in [0.05, 0.1) is 36.2 Å². The zero-order valence-electron chi connectivity index (χ0n) is 19.8. The molecule has 2 heterocycles. The van der Waals surface area contributed by atoms with Crippen LogP contribution in [0.15, 0.2) is 67.3 Å². The van der Waals surface area contributed by atoms with E-state index in [9.17, 15) is 4.79 Å². The maximum Gasteiger partial charge on any atom is 0.225 e. The summed E-state index contributed by atoms with van der Waals surface area (Å²) in [5, 5.41) is 3.14. The minimum atomic E-state index is -0.449. The summed E-state index contributed by atoms with van der Waals surface area (Å²) in [6.07, 6.45) is 5.34. The van der Waals surface area contributed by atoms with Crippen LogP contribution in [0.5, 0.6) is 0 Å². The zero-order chi connectivity index (χ0) is 23.6. The van der Waals surface area contributed by atoms with E-state index in [4.69, 9.17) is 0 Å². The van der Waals surface area contributed by atoms with Crippen LogP contribution < -0.4 is 5.32 Å². The van der Waals surface area contributed by atoms with Crippen LogP contribution in [0.3, 0.4) is 0 Å². The highest BCUT2D eigenvalue weighted by molar-refractivity contribution is 5.81. The number of H-pyrrole nitrogens is 2. The van der Waals surface area contributed by atoms with E-state index in [1.54, 1.807) is 6.33 Å². The van der Waals surface area contributed by atoms with E-state index in [-0.39, 0.29) is 17.9 Å². The van der Waals surface area contributed by atoms with Crippen LogP contribution in [0.2, 0.25) is 0 Å². The van der Waals surface area contributed by atoms with Gasteiger partial charge >= 0.3 is 0 Å². The quantitative estimate of drug-likeness (QED) is 0.343. The zero-order valence-corrected chi connectivity index (χ0v) is 19.8. The van der Waals surface area contributed by atoms with Gasteiger partial charge in [-0.25, -0.2) is 9.97 Å². The molecule has 0 aliphatic heterocycles. The first-order valence-corrected chi connectivity index (χ1v) is 11.3. The number of carbonyl (C=O) groups is 1. The minimum Gasteiger partial charge on any atom is -0.345 e. The molecule has 2 aromatic carbocycles. The Kier molecular flexibility index (Phi) is 6.18. The third-order valence-electron chi connectivity index (χ3n) is 5.75. The molecule has 4 aromatic rings. The predicted octanol–water partition coefficient (Wildman–Crippen LogP) is 5.99. The Morgan fingerprint density at radius 1 is 0.848 bits per heavy atom. The SMILES string of the molecule is CC(C)[C@H](NC(=O)C(C)(C)C)c1ncc(-c2ccc(-c3ccc(-c4cnc[nH]4)cc3)cc2)[nH]1. The number of amides is 1. The highest BCUT2D eigenvalue weighted by atomic mass is 16.2. The van der Waals surface area contributed by atoms with Crippen molar-refractivity contribution >= 4 is 5.91 Å². The van der Waals surface area contributed by atoms with E-state index in [1.165, 1.54) is 0 Å². The summed E-state index contributed by atoms with van der Waals surface area (Å²) in [5.74, 6) is 1.00. The van der Waals surface area contributed by atoms with Crippen molar-refractivity contribution in [2.45, 2.75) is 40.7 Å². The molecule has 170 valence electrons. The third kappa shape index (κ3) is 5.06. The molecular formula is C27H31N5O. The lowest BCUT2D eigenvalue weighted by atomic mass is 9.94. The van der Waals surface area contributed by atoms with Crippen molar-refractivity contribution in [1.29, 1.82) is 0 Å². The first-order chi connectivity index (χ1) is 15.7. The number of aromatic amines is 2. The molecular weight excluding hydrogens is 410 g/mol. The monoisotopic (exact) mass is 441 g/mol. The summed E-state index contributed by atoms with van der Waals surface area (Å²) in [7, 11) is 0. The second kappa shape index (κ2) is 9.06. The van der Waals surface area contributed by atoms with Crippen molar-refractivity contribution in [3.05, 3.63) is 73.1 Å². The summed E-state index contributed by atoms with van der Waals surface area (Å²) in [4.78, 5) is 27.7. The number of nitrogens with one attached hydrogen (secondary N) is 3. The Balaban J connectivity index is 1.51. The molecule has 33 heavy (non-hydrogen) atoms. The number of aromatic nitrogens is 4. The summed E-state index contributed by atoms with van der Waals surface area (Å²) in [6, 6.07) is 16.7. The first-order valence-electron chi connectivity index (χ1n) is 11.3. The molecule has 6 nitrogen and oxygen atoms in total. The van der Waals surface area contributed by atoms with E-state index < -0.39 is 5.41 Å². The number of benzene rings is 2. The molecule has 0 fully saturated rings. The van der Waals surface area contributed by atoms with E-state index in [1.807, 2.05) is 33.2 Å². The van der Waals surface area contributed by atoms with Crippen LogP contribution in [0.25, 0.3) is 33.6 Å². The first kappa shape index (κ1) is 22.5. The van der Waals surface area contributed by atoms with Gasteiger partial charge in [-0.1, -0.05) is 83.1 Å². The van der Waals surface area contributed by atoms with Crippen molar-refractivity contribution in [2.75, 3.05) is 0 Å². The summed E-state index contributed by atoms with van der Waals surface area (Å²) >= 11 is 0. The molecule has 2 aromatic heterocycles. The van der Waals surface area contributed by atoms with Gasteiger partial charge in [-0.3, -0.25) is 4.79 Å². The van der Waals surface area contributed by atoms with Crippen LogP contribution in [0, 0.1) is 11.3 Å². The fraction of sp³-hybridized carbons (Fsp3) is 0.296. The number of rotatable bonds is 6. The molecule has 4 rings (SSSR count). The van der Waals surface area contributed by atoms with Crippen LogP contribution >= 0.6 is 0 Å². The molecule has 1 atom stereocenters. The molecule has 3 N–H and O–H groups in total. The second-order valence-corrected chi connectivity index (χ2v) is 9.75. The normalized spacial score (nSPS) is 12.7. The Labute approximate surface area is 194 Å². The van der Waals surface area contributed by atoms with E-state index >= 15 is 0 Å². The Morgan fingerprint density at radius 2 is 1.39 bits per heavy atom. The summed E-state index contributed by atoms with van der Waals surface area (Å²) < 4.78 is 0. The van der Waals surface area contributed by atoms with Gasteiger partial charge in [0.15, 0.2) is 0 Å². The maximum absolute atomic E-state index is 12.5. The average molecular weight is 442 g/mol. The number of hydrogen-bond acceptors (Lipinski definition) is 3. The van der Waals surface area contributed by atoms with Gasteiger partial charge < -0.3 is 15.3 Å². The second-order valence-electron chi connectivity index (χ2n) is 9.75. The van der Waals surface area contributed by atoms with E-state index in [2.05, 4.69) is 87.6 Å². The van der Waals surface area contributed by atoms with Crippen LogP contribution in [0.1, 0.15) is 46.5 Å². The van der Waals surface area contributed by atoms with Gasteiger partial charge in [-0.05, 0) is 28.2 Å². The average Bonchev–Trinajstić information content (AvgIpc) is 3.49. The summed E-state index contributed by atoms with van der Waals surface area (Å²) in [6.45, 7) is 9.92. The van der Waals surface area contributed by atoms with Crippen LogP contribution in [0.4, 0.5) is 0 Å². The van der Waals surface area contributed by atoms with Gasteiger partial charge in [-0.15, -0.1) is 0 Å². The van der Waals surface area contributed by atoms with Gasteiger partial charge in [0.1, 0.15) is 5.82 Å². The molecule has 1 amide bonds. The number of carbonyl (C=O) groups excluding carboxylic acids is 1. The minimum absolute atomic E-state index is 0.0158. The fourth-order valence-electron chi connectivity index (χ4n) is 3.65. The fourth-order valence-corrected chi connectivity index (χ4v) is 3.65. The van der Waals surface area contributed by atoms with Crippen LogP contribution in [-0.2, 0) is 4.79 Å². The van der Waals surface area contributed by atoms with Gasteiger partial charge in [0.2, 0.25) is 5.91 Å². The molecule has 0 radical (unpaired) electrons. The van der Waals surface area contributed by atoms with Gasteiger partial charge in [0, 0.05) is 5.41 Å². The highest BCUT2D eigenvalue weighted by Gasteiger charge is 2.27. The van der Waals surface area contributed by atoms with Gasteiger partial charge in [0.25, 0.3) is 0 Å². The van der Waals surface area contributed by atoms with Gasteiger partial charge in [-0.2, -0.15) is 0 Å². The molecule has 0 saturated heterocycles. The van der Waals surface area contributed by atoms with Crippen molar-refractivity contribution < 1.29 is 4.79 Å². The lowest BCUT2D eigenvalue weighted by Crippen LogP contribution is -2.39. The molecule has 0 aliphatic rings. The van der Waals surface area contributed by atoms with Crippen LogP contribution in [-0.4, -0.2) is 25.8 Å². The number of hydrogen-bond donors (Lipinski definition) is 3. The van der Waals surface area contributed by atoms with Crippen molar-refractivity contribution in [3.63, 3.8) is 0 Å².